The highest BCUT2D eigenvalue weighted by Gasteiger charge is 2.24. The Morgan fingerprint density at radius 2 is 2.13 bits per heavy atom. The molecular weight excluding hydrogens is 196 g/mol. The predicted molar refractivity (Wildman–Crippen MR) is 57.6 cm³/mol. The van der Waals surface area contributed by atoms with Crippen LogP contribution in [0.4, 0.5) is 4.79 Å². The Hall–Kier alpha value is -1.52. The van der Waals surface area contributed by atoms with Crippen LogP contribution in [-0.2, 0) is 4.79 Å². The van der Waals surface area contributed by atoms with Crippen molar-refractivity contribution < 1.29 is 14.7 Å². The molecule has 0 aliphatic carbocycles. The van der Waals surface area contributed by atoms with Gasteiger partial charge < -0.3 is 15.7 Å². The highest BCUT2D eigenvalue weighted by Crippen LogP contribution is 2.07. The molecule has 0 unspecified atom stereocenters. The molecule has 0 rings (SSSR count). The molecule has 0 aromatic carbocycles. The Morgan fingerprint density at radius 1 is 1.53 bits per heavy atom. The first-order valence-electron chi connectivity index (χ1n) is 4.91. The van der Waals surface area contributed by atoms with E-state index in [9.17, 15) is 9.59 Å². The Morgan fingerprint density at radius 3 is 2.53 bits per heavy atom. The molecule has 0 fully saturated rings. The van der Waals surface area contributed by atoms with Gasteiger partial charge in [-0.25, -0.2) is 9.59 Å². The molecule has 86 valence electrons. The van der Waals surface area contributed by atoms with Crippen molar-refractivity contribution in [3.05, 3.63) is 12.7 Å². The molecule has 3 N–H and O–H groups in total. The van der Waals surface area contributed by atoms with Crippen molar-refractivity contribution in [1.29, 1.82) is 0 Å². The molecule has 0 saturated heterocycles. The largest absolute Gasteiger partial charge is 0.480 e. The van der Waals surface area contributed by atoms with Crippen LogP contribution < -0.4 is 10.6 Å². The molecule has 0 bridgehead atoms. The first-order valence-corrected chi connectivity index (χ1v) is 4.91. The van der Waals surface area contributed by atoms with E-state index in [1.165, 1.54) is 6.08 Å². The highest BCUT2D eigenvalue weighted by atomic mass is 16.4. The number of hydrogen-bond acceptors (Lipinski definition) is 2. The van der Waals surface area contributed by atoms with E-state index in [1.807, 2.05) is 6.92 Å². The van der Waals surface area contributed by atoms with Crippen LogP contribution in [0.3, 0.4) is 0 Å². The van der Waals surface area contributed by atoms with Crippen molar-refractivity contribution in [2.75, 3.05) is 6.54 Å². The van der Waals surface area contributed by atoms with Gasteiger partial charge >= 0.3 is 12.0 Å². The van der Waals surface area contributed by atoms with E-state index >= 15 is 0 Å². The molecule has 15 heavy (non-hydrogen) atoms. The maximum absolute atomic E-state index is 11.2. The summed E-state index contributed by atoms with van der Waals surface area (Å²) < 4.78 is 0. The molecular formula is C10H18N2O3. The van der Waals surface area contributed by atoms with Crippen molar-refractivity contribution in [2.24, 2.45) is 5.92 Å². The normalized spacial score (nSPS) is 13.7. The Labute approximate surface area is 89.6 Å². The van der Waals surface area contributed by atoms with Crippen LogP contribution in [0.25, 0.3) is 0 Å². The molecule has 0 saturated carbocycles. The van der Waals surface area contributed by atoms with E-state index in [0.29, 0.717) is 13.0 Å². The first-order chi connectivity index (χ1) is 7.02. The molecule has 0 heterocycles. The Balaban J connectivity index is 4.22. The molecule has 5 nitrogen and oxygen atoms in total. The smallest absolute Gasteiger partial charge is 0.326 e. The minimum atomic E-state index is -1.02. The second-order valence-electron chi connectivity index (χ2n) is 3.34. The van der Waals surface area contributed by atoms with Crippen LogP contribution in [0.2, 0.25) is 0 Å². The number of amides is 2. The Kier molecular flexibility index (Phi) is 6.17. The lowest BCUT2D eigenvalue weighted by atomic mass is 9.99. The van der Waals surface area contributed by atoms with Gasteiger partial charge in [-0.05, 0) is 5.92 Å². The summed E-state index contributed by atoms with van der Waals surface area (Å²) in [5, 5.41) is 13.8. The van der Waals surface area contributed by atoms with E-state index in [4.69, 9.17) is 5.11 Å². The van der Waals surface area contributed by atoms with Gasteiger partial charge in [0.1, 0.15) is 6.04 Å². The maximum Gasteiger partial charge on any atom is 0.326 e. The van der Waals surface area contributed by atoms with Gasteiger partial charge in [-0.2, -0.15) is 0 Å². The lowest BCUT2D eigenvalue weighted by Crippen LogP contribution is -2.49. The maximum atomic E-state index is 11.2. The van der Waals surface area contributed by atoms with Gasteiger partial charge in [0.15, 0.2) is 0 Å². The zero-order valence-corrected chi connectivity index (χ0v) is 9.12. The summed E-state index contributed by atoms with van der Waals surface area (Å²) in [5.74, 6) is -1.12. The average molecular weight is 214 g/mol. The van der Waals surface area contributed by atoms with E-state index in [0.717, 1.165) is 0 Å². The second-order valence-corrected chi connectivity index (χ2v) is 3.34. The second kappa shape index (κ2) is 6.86. The third-order valence-corrected chi connectivity index (χ3v) is 2.17. The number of urea groups is 1. The minimum Gasteiger partial charge on any atom is -0.480 e. The van der Waals surface area contributed by atoms with Crippen LogP contribution >= 0.6 is 0 Å². The summed E-state index contributed by atoms with van der Waals surface area (Å²) in [5.41, 5.74) is 0. The number of hydrogen-bond donors (Lipinski definition) is 3. The molecule has 0 aromatic rings. The van der Waals surface area contributed by atoms with Crippen LogP contribution in [0, 0.1) is 5.92 Å². The lowest BCUT2D eigenvalue weighted by Gasteiger charge is -2.20. The third-order valence-electron chi connectivity index (χ3n) is 2.17. The molecule has 2 atom stereocenters. The van der Waals surface area contributed by atoms with Gasteiger partial charge in [-0.3, -0.25) is 0 Å². The number of carboxylic acid groups (broad SMARTS) is 1. The van der Waals surface area contributed by atoms with Crippen LogP contribution in [0.15, 0.2) is 12.7 Å². The SMILES string of the molecule is C=CCNC(=O)N[C@@H](C(=O)O)[C@@H](C)CC. The fourth-order valence-corrected chi connectivity index (χ4v) is 1.04. The number of carbonyl (C=O) groups excluding carboxylic acids is 1. The number of carboxylic acids is 1. The molecule has 0 radical (unpaired) electrons. The van der Waals surface area contributed by atoms with E-state index in [1.54, 1.807) is 6.92 Å². The van der Waals surface area contributed by atoms with Crippen molar-refractivity contribution in [3.63, 3.8) is 0 Å². The lowest BCUT2D eigenvalue weighted by molar-refractivity contribution is -0.140. The van der Waals surface area contributed by atoms with Gasteiger partial charge in [-0.1, -0.05) is 26.3 Å². The summed E-state index contributed by atoms with van der Waals surface area (Å²) in [6, 6.07) is -1.33. The van der Waals surface area contributed by atoms with E-state index in [-0.39, 0.29) is 5.92 Å². The molecule has 0 spiro atoms. The topological polar surface area (TPSA) is 78.4 Å². The quantitative estimate of drug-likeness (QED) is 0.576. The zero-order valence-electron chi connectivity index (χ0n) is 9.12. The summed E-state index contributed by atoms with van der Waals surface area (Å²) in [4.78, 5) is 22.1. The van der Waals surface area contributed by atoms with Crippen molar-refractivity contribution >= 4 is 12.0 Å². The minimum absolute atomic E-state index is 0.100. The standard InChI is InChI=1S/C10H18N2O3/c1-4-6-11-10(15)12-8(9(13)14)7(3)5-2/h4,7-8H,1,5-6H2,2-3H3,(H,13,14)(H2,11,12,15)/t7-,8+/m0/s1. The summed E-state index contributed by atoms with van der Waals surface area (Å²) in [7, 11) is 0. The highest BCUT2D eigenvalue weighted by molar-refractivity contribution is 5.82. The van der Waals surface area contributed by atoms with Crippen LogP contribution in [0.1, 0.15) is 20.3 Å². The van der Waals surface area contributed by atoms with Crippen molar-refractivity contribution in [2.45, 2.75) is 26.3 Å². The number of nitrogens with one attached hydrogen (secondary N) is 2. The van der Waals surface area contributed by atoms with Gasteiger partial charge in [0.25, 0.3) is 0 Å². The monoisotopic (exact) mass is 214 g/mol. The van der Waals surface area contributed by atoms with Gasteiger partial charge in [-0.15, -0.1) is 6.58 Å². The van der Waals surface area contributed by atoms with Crippen molar-refractivity contribution in [1.82, 2.24) is 10.6 Å². The number of rotatable bonds is 6. The molecule has 2 amide bonds. The first kappa shape index (κ1) is 13.5. The summed E-state index contributed by atoms with van der Waals surface area (Å²) in [6.45, 7) is 7.42. The average Bonchev–Trinajstić information content (AvgIpc) is 2.21. The number of aliphatic carboxylic acids is 1. The van der Waals surface area contributed by atoms with E-state index < -0.39 is 18.0 Å². The molecule has 0 aliphatic heterocycles. The third kappa shape index (κ3) is 5.05. The van der Waals surface area contributed by atoms with Crippen molar-refractivity contribution in [3.8, 4) is 0 Å². The molecule has 5 heteroatoms. The van der Waals surface area contributed by atoms with Gasteiger partial charge in [0.05, 0.1) is 0 Å². The predicted octanol–water partition coefficient (Wildman–Crippen LogP) is 0.971. The Bertz CT molecular complexity index is 241. The summed E-state index contributed by atoms with van der Waals surface area (Å²) in [6.07, 6.45) is 2.22. The zero-order chi connectivity index (χ0) is 11.8. The van der Waals surface area contributed by atoms with Crippen LogP contribution in [0.5, 0.6) is 0 Å². The molecule has 0 aromatic heterocycles. The van der Waals surface area contributed by atoms with Crippen LogP contribution in [-0.4, -0.2) is 29.7 Å². The molecule has 0 aliphatic rings. The van der Waals surface area contributed by atoms with Gasteiger partial charge in [0.2, 0.25) is 0 Å². The van der Waals surface area contributed by atoms with E-state index in [2.05, 4.69) is 17.2 Å². The van der Waals surface area contributed by atoms with Gasteiger partial charge in [0, 0.05) is 6.54 Å². The fourth-order valence-electron chi connectivity index (χ4n) is 1.04. The fraction of sp³-hybridized carbons (Fsp3) is 0.600. The summed E-state index contributed by atoms with van der Waals surface area (Å²) >= 11 is 0. The number of carbonyl (C=O) groups is 2.